The Balaban J connectivity index is 1.79. The van der Waals surface area contributed by atoms with Gasteiger partial charge in [-0.3, -0.25) is 4.79 Å². The first-order valence-electron chi connectivity index (χ1n) is 8.88. The number of amides is 1. The van der Waals surface area contributed by atoms with Crippen molar-refractivity contribution in [2.45, 2.75) is 38.1 Å². The summed E-state index contributed by atoms with van der Waals surface area (Å²) in [4.78, 5) is 12.3. The SMILES string of the molecule is Cc1cccc(OCCCNC(=O)c2ccc(S(=O)(=O)NC(C)C)cc2)c1. The average molecular weight is 391 g/mol. The molecule has 2 N–H and O–H groups in total. The lowest BCUT2D eigenvalue weighted by atomic mass is 10.2. The molecule has 146 valence electrons. The second kappa shape index (κ2) is 9.53. The van der Waals surface area contributed by atoms with Gasteiger partial charge in [0.15, 0.2) is 0 Å². The number of rotatable bonds is 9. The summed E-state index contributed by atoms with van der Waals surface area (Å²) in [7, 11) is -3.55. The molecule has 7 heteroatoms. The number of carbonyl (C=O) groups excluding carboxylic acids is 1. The molecule has 0 atom stereocenters. The molecule has 0 heterocycles. The van der Waals surface area contributed by atoms with E-state index in [4.69, 9.17) is 4.74 Å². The van der Waals surface area contributed by atoms with Crippen LogP contribution in [0, 0.1) is 6.92 Å². The molecule has 0 spiro atoms. The van der Waals surface area contributed by atoms with Crippen LogP contribution in [-0.4, -0.2) is 33.5 Å². The van der Waals surface area contributed by atoms with Gasteiger partial charge in [-0.15, -0.1) is 0 Å². The largest absolute Gasteiger partial charge is 0.494 e. The summed E-state index contributed by atoms with van der Waals surface area (Å²) in [5, 5.41) is 2.80. The molecule has 0 fully saturated rings. The molecule has 0 aliphatic carbocycles. The number of aryl methyl sites for hydroxylation is 1. The van der Waals surface area contributed by atoms with Gasteiger partial charge < -0.3 is 10.1 Å². The Morgan fingerprint density at radius 3 is 2.44 bits per heavy atom. The van der Waals surface area contributed by atoms with Crippen molar-refractivity contribution in [1.82, 2.24) is 10.0 Å². The third kappa shape index (κ3) is 6.69. The minimum absolute atomic E-state index is 0.138. The Bertz CT molecular complexity index is 862. The van der Waals surface area contributed by atoms with Gasteiger partial charge in [0.05, 0.1) is 11.5 Å². The Hall–Kier alpha value is -2.38. The highest BCUT2D eigenvalue weighted by Gasteiger charge is 2.15. The standard InChI is InChI=1S/C20H26N2O4S/c1-15(2)22-27(24,25)19-10-8-17(9-11-19)20(23)21-12-5-13-26-18-7-4-6-16(3)14-18/h4,6-11,14-15,22H,5,12-13H2,1-3H3,(H,21,23). The fourth-order valence-electron chi connectivity index (χ4n) is 2.44. The normalized spacial score (nSPS) is 11.4. The van der Waals surface area contributed by atoms with Gasteiger partial charge in [0.25, 0.3) is 5.91 Å². The Morgan fingerprint density at radius 2 is 1.81 bits per heavy atom. The summed E-state index contributed by atoms with van der Waals surface area (Å²) in [5.74, 6) is 0.569. The van der Waals surface area contributed by atoms with Crippen molar-refractivity contribution in [3.8, 4) is 5.75 Å². The fourth-order valence-corrected chi connectivity index (χ4v) is 3.69. The second-order valence-corrected chi connectivity index (χ2v) is 8.29. The van der Waals surface area contributed by atoms with Crippen LogP contribution in [0.3, 0.4) is 0 Å². The van der Waals surface area contributed by atoms with Crippen LogP contribution in [0.4, 0.5) is 0 Å². The molecule has 0 saturated carbocycles. The third-order valence-corrected chi connectivity index (χ3v) is 5.36. The van der Waals surface area contributed by atoms with E-state index in [1.54, 1.807) is 13.8 Å². The van der Waals surface area contributed by atoms with Gasteiger partial charge in [0.2, 0.25) is 10.0 Å². The zero-order chi connectivity index (χ0) is 19.9. The van der Waals surface area contributed by atoms with E-state index in [1.165, 1.54) is 24.3 Å². The van der Waals surface area contributed by atoms with Gasteiger partial charge in [0.1, 0.15) is 5.75 Å². The van der Waals surface area contributed by atoms with E-state index in [0.717, 1.165) is 11.3 Å². The van der Waals surface area contributed by atoms with Crippen molar-refractivity contribution in [3.63, 3.8) is 0 Å². The van der Waals surface area contributed by atoms with Crippen LogP contribution in [0.5, 0.6) is 5.75 Å². The minimum Gasteiger partial charge on any atom is -0.494 e. The predicted molar refractivity (Wildman–Crippen MR) is 106 cm³/mol. The minimum atomic E-state index is -3.55. The molecule has 0 saturated heterocycles. The molecule has 6 nitrogen and oxygen atoms in total. The van der Waals surface area contributed by atoms with Gasteiger partial charge in [-0.1, -0.05) is 12.1 Å². The highest BCUT2D eigenvalue weighted by Crippen LogP contribution is 2.13. The Morgan fingerprint density at radius 1 is 1.11 bits per heavy atom. The highest BCUT2D eigenvalue weighted by molar-refractivity contribution is 7.89. The molecule has 0 aromatic heterocycles. The molecule has 0 aliphatic rings. The molecule has 2 aromatic carbocycles. The lowest BCUT2D eigenvalue weighted by molar-refractivity contribution is 0.0951. The van der Waals surface area contributed by atoms with E-state index in [2.05, 4.69) is 10.0 Å². The number of hydrogen-bond donors (Lipinski definition) is 2. The summed E-state index contributed by atoms with van der Waals surface area (Å²) in [6, 6.07) is 13.5. The molecular formula is C20H26N2O4S. The van der Waals surface area contributed by atoms with Crippen molar-refractivity contribution >= 4 is 15.9 Å². The van der Waals surface area contributed by atoms with Crippen molar-refractivity contribution in [3.05, 3.63) is 59.7 Å². The van der Waals surface area contributed by atoms with Crippen LogP contribution in [0.25, 0.3) is 0 Å². The summed E-state index contributed by atoms with van der Waals surface area (Å²) in [6.45, 7) is 6.48. The maximum Gasteiger partial charge on any atom is 0.251 e. The summed E-state index contributed by atoms with van der Waals surface area (Å²) in [5.41, 5.74) is 1.55. The second-order valence-electron chi connectivity index (χ2n) is 6.57. The summed E-state index contributed by atoms with van der Waals surface area (Å²) >= 11 is 0. The van der Waals surface area contributed by atoms with Crippen molar-refractivity contribution < 1.29 is 17.9 Å². The smallest absolute Gasteiger partial charge is 0.251 e. The van der Waals surface area contributed by atoms with Gasteiger partial charge in [-0.05, 0) is 69.2 Å². The summed E-state index contributed by atoms with van der Waals surface area (Å²) < 4.78 is 32.3. The zero-order valence-corrected chi connectivity index (χ0v) is 16.7. The molecule has 2 rings (SSSR count). The Kier molecular flexibility index (Phi) is 7.38. The van der Waals surface area contributed by atoms with E-state index in [0.29, 0.717) is 25.1 Å². The fraction of sp³-hybridized carbons (Fsp3) is 0.350. The van der Waals surface area contributed by atoms with E-state index in [1.807, 2.05) is 31.2 Å². The molecule has 0 bridgehead atoms. The quantitative estimate of drug-likeness (QED) is 0.645. The number of ether oxygens (including phenoxy) is 1. The zero-order valence-electron chi connectivity index (χ0n) is 15.9. The van der Waals surface area contributed by atoms with E-state index >= 15 is 0 Å². The molecule has 27 heavy (non-hydrogen) atoms. The first-order chi connectivity index (χ1) is 12.8. The highest BCUT2D eigenvalue weighted by atomic mass is 32.2. The first kappa shape index (κ1) is 20.9. The number of carbonyl (C=O) groups is 1. The van der Waals surface area contributed by atoms with Crippen molar-refractivity contribution in [1.29, 1.82) is 0 Å². The molecule has 0 unspecified atom stereocenters. The average Bonchev–Trinajstić information content (AvgIpc) is 2.60. The molecule has 0 aliphatic heterocycles. The lowest BCUT2D eigenvalue weighted by Crippen LogP contribution is -2.30. The third-order valence-electron chi connectivity index (χ3n) is 3.68. The van der Waals surface area contributed by atoms with E-state index in [9.17, 15) is 13.2 Å². The van der Waals surface area contributed by atoms with Crippen LogP contribution in [0.15, 0.2) is 53.4 Å². The molecule has 1 amide bonds. The van der Waals surface area contributed by atoms with E-state index in [-0.39, 0.29) is 16.8 Å². The van der Waals surface area contributed by atoms with Gasteiger partial charge in [-0.2, -0.15) is 0 Å². The van der Waals surface area contributed by atoms with Crippen LogP contribution in [-0.2, 0) is 10.0 Å². The lowest BCUT2D eigenvalue weighted by Gasteiger charge is -2.10. The number of nitrogens with one attached hydrogen (secondary N) is 2. The maximum absolute atomic E-state index is 12.1. The van der Waals surface area contributed by atoms with Crippen LogP contribution in [0.1, 0.15) is 36.2 Å². The molecule has 2 aromatic rings. The number of benzene rings is 2. The van der Waals surface area contributed by atoms with Crippen LogP contribution < -0.4 is 14.8 Å². The van der Waals surface area contributed by atoms with Gasteiger partial charge in [0, 0.05) is 18.2 Å². The van der Waals surface area contributed by atoms with Crippen LogP contribution >= 0.6 is 0 Å². The number of sulfonamides is 1. The topological polar surface area (TPSA) is 84.5 Å². The summed E-state index contributed by atoms with van der Waals surface area (Å²) in [6.07, 6.45) is 0.671. The monoisotopic (exact) mass is 390 g/mol. The molecular weight excluding hydrogens is 364 g/mol. The van der Waals surface area contributed by atoms with Crippen molar-refractivity contribution in [2.24, 2.45) is 0 Å². The first-order valence-corrected chi connectivity index (χ1v) is 10.4. The predicted octanol–water partition coefficient (Wildman–Crippen LogP) is 2.88. The Labute approximate surface area is 161 Å². The number of hydrogen-bond acceptors (Lipinski definition) is 4. The van der Waals surface area contributed by atoms with E-state index < -0.39 is 10.0 Å². The molecule has 0 radical (unpaired) electrons. The van der Waals surface area contributed by atoms with Gasteiger partial charge >= 0.3 is 0 Å². The van der Waals surface area contributed by atoms with Gasteiger partial charge in [-0.25, -0.2) is 13.1 Å². The van der Waals surface area contributed by atoms with Crippen LogP contribution in [0.2, 0.25) is 0 Å². The maximum atomic E-state index is 12.1. The van der Waals surface area contributed by atoms with Crippen molar-refractivity contribution in [2.75, 3.05) is 13.2 Å².